The van der Waals surface area contributed by atoms with Crippen LogP contribution in [0.5, 0.6) is 6.01 Å². The summed E-state index contributed by atoms with van der Waals surface area (Å²) < 4.78 is 62.2. The largest absolute Gasteiger partial charge is 0.462 e. The maximum Gasteiger partial charge on any atom is 0.421 e. The van der Waals surface area contributed by atoms with Crippen molar-refractivity contribution in [1.29, 1.82) is 0 Å². The molecule has 43 heavy (non-hydrogen) atoms. The number of halogens is 4. The number of alkyl halides is 3. The van der Waals surface area contributed by atoms with Gasteiger partial charge in [0.1, 0.15) is 29.8 Å². The molecule has 4 heterocycles. The number of rotatable bonds is 7. The van der Waals surface area contributed by atoms with Gasteiger partial charge in [-0.1, -0.05) is 19.6 Å². The molecule has 0 saturated carbocycles. The summed E-state index contributed by atoms with van der Waals surface area (Å²) in [4.78, 5) is 32.8. The second-order valence-electron chi connectivity index (χ2n) is 11.5. The number of hydrogen-bond acceptors (Lipinski definition) is 7. The number of nitrogens with zero attached hydrogens (tertiary/aromatic N) is 7. The van der Waals surface area contributed by atoms with Gasteiger partial charge in [-0.25, -0.2) is 11.0 Å². The van der Waals surface area contributed by atoms with Crippen molar-refractivity contribution < 1.29 is 27.1 Å². The molecule has 1 aromatic carbocycles. The molecule has 0 bridgehead atoms. The zero-order valence-electron chi connectivity index (χ0n) is 24.3. The van der Waals surface area contributed by atoms with Crippen LogP contribution in [0.3, 0.4) is 0 Å². The van der Waals surface area contributed by atoms with Crippen LogP contribution in [0.4, 0.5) is 29.1 Å². The summed E-state index contributed by atoms with van der Waals surface area (Å²) in [6, 6.07) is 3.27. The lowest BCUT2D eigenvalue weighted by atomic mass is 10.0. The van der Waals surface area contributed by atoms with Crippen LogP contribution in [-0.4, -0.2) is 90.7 Å². The monoisotopic (exact) mass is 601 g/mol. The zero-order chi connectivity index (χ0) is 30.9. The Bertz CT molecular complexity index is 1410. The highest BCUT2D eigenvalue weighted by Crippen LogP contribution is 2.40. The van der Waals surface area contributed by atoms with Gasteiger partial charge in [-0.2, -0.15) is 23.1 Å². The first kappa shape index (κ1) is 30.5. The van der Waals surface area contributed by atoms with Gasteiger partial charge in [-0.3, -0.25) is 9.69 Å². The fourth-order valence-electron chi connectivity index (χ4n) is 6.42. The molecule has 0 radical (unpaired) electrons. The number of likely N-dealkylation sites (N-methyl/N-ethyl adjacent to an activating group) is 1. The molecular weight excluding hydrogens is 566 g/mol. The summed E-state index contributed by atoms with van der Waals surface area (Å²) in [6.45, 7) is 15.9. The second kappa shape index (κ2) is 12.4. The number of benzene rings is 1. The summed E-state index contributed by atoms with van der Waals surface area (Å²) in [5.41, 5.74) is -0.267. The number of ether oxygens (including phenoxy) is 1. The number of amides is 1. The number of anilines is 2. The molecule has 0 spiro atoms. The third-order valence-electron chi connectivity index (χ3n) is 8.48. The highest BCUT2D eigenvalue weighted by molar-refractivity contribution is 5.87. The van der Waals surface area contributed by atoms with Crippen molar-refractivity contribution in [2.24, 2.45) is 5.92 Å². The number of fused-ring (bicyclic) bond motifs is 1. The minimum absolute atomic E-state index is 0.00844. The molecule has 0 N–H and O–H groups in total. The average Bonchev–Trinajstić information content (AvgIpc) is 3.30. The molecule has 230 valence electrons. The Morgan fingerprint density at radius 3 is 2.65 bits per heavy atom. The zero-order valence-corrected chi connectivity index (χ0v) is 24.3. The maximum absolute atomic E-state index is 14.4. The Kier molecular flexibility index (Phi) is 8.78. The first-order valence-electron chi connectivity index (χ1n) is 14.3. The molecular formula is C30H35F4N7O2. The van der Waals surface area contributed by atoms with E-state index < -0.39 is 17.6 Å². The van der Waals surface area contributed by atoms with Crippen LogP contribution in [0, 0.1) is 18.3 Å². The van der Waals surface area contributed by atoms with E-state index in [9.17, 15) is 22.4 Å². The van der Waals surface area contributed by atoms with Gasteiger partial charge < -0.3 is 24.3 Å². The molecule has 1 unspecified atom stereocenters. The minimum atomic E-state index is -4.86. The van der Waals surface area contributed by atoms with Crippen molar-refractivity contribution in [2.75, 3.05) is 62.7 Å². The van der Waals surface area contributed by atoms with Crippen molar-refractivity contribution in [2.45, 2.75) is 44.6 Å². The van der Waals surface area contributed by atoms with Crippen molar-refractivity contribution in [3.05, 3.63) is 64.9 Å². The van der Waals surface area contributed by atoms with Crippen LogP contribution >= 0.6 is 0 Å². The summed E-state index contributed by atoms with van der Waals surface area (Å²) >= 11 is 0. The molecule has 2 aromatic rings. The normalized spacial score (nSPS) is 22.7. The Morgan fingerprint density at radius 2 is 1.98 bits per heavy atom. The van der Waals surface area contributed by atoms with Crippen LogP contribution < -0.4 is 14.5 Å². The number of likely N-dealkylation sites (tertiary alicyclic amines) is 1. The number of aromatic nitrogens is 2. The molecule has 9 nitrogen and oxygen atoms in total. The highest BCUT2D eigenvalue weighted by Gasteiger charge is 2.40. The van der Waals surface area contributed by atoms with E-state index in [0.29, 0.717) is 50.1 Å². The number of hydrogen-bond donors (Lipinski definition) is 0. The Hall–Kier alpha value is -3.92. The highest BCUT2D eigenvalue weighted by atomic mass is 19.4. The van der Waals surface area contributed by atoms with Gasteiger partial charge in [-0.15, -0.1) is 0 Å². The van der Waals surface area contributed by atoms with E-state index in [0.717, 1.165) is 24.6 Å². The van der Waals surface area contributed by atoms with E-state index in [2.05, 4.69) is 28.2 Å². The predicted molar refractivity (Wildman–Crippen MR) is 153 cm³/mol. The molecule has 2 saturated heterocycles. The molecule has 1 aromatic heterocycles. The third-order valence-corrected chi connectivity index (χ3v) is 8.48. The Labute approximate surface area is 248 Å². The Balaban J connectivity index is 1.49. The molecule has 0 aliphatic carbocycles. The van der Waals surface area contributed by atoms with E-state index in [4.69, 9.17) is 16.3 Å². The van der Waals surface area contributed by atoms with Crippen molar-refractivity contribution >= 4 is 17.4 Å². The van der Waals surface area contributed by atoms with E-state index in [1.165, 1.54) is 23.1 Å². The van der Waals surface area contributed by atoms with E-state index >= 15 is 0 Å². The van der Waals surface area contributed by atoms with Crippen LogP contribution in [0.1, 0.15) is 30.2 Å². The number of carbonyl (C=O) groups excluding carboxylic acids is 1. The van der Waals surface area contributed by atoms with Gasteiger partial charge in [0.2, 0.25) is 12.5 Å². The van der Waals surface area contributed by atoms with Crippen LogP contribution in [0.2, 0.25) is 0 Å². The summed E-state index contributed by atoms with van der Waals surface area (Å²) in [5, 5.41) is 0. The van der Waals surface area contributed by atoms with Gasteiger partial charge >= 0.3 is 12.2 Å². The van der Waals surface area contributed by atoms with E-state index in [1.807, 2.05) is 11.9 Å². The molecule has 13 heteroatoms. The summed E-state index contributed by atoms with van der Waals surface area (Å²) in [5.74, 6) is -0.460. The molecule has 3 aliphatic heterocycles. The summed E-state index contributed by atoms with van der Waals surface area (Å²) in [7, 11) is 2.04. The lowest BCUT2D eigenvalue weighted by molar-refractivity contribution is -0.139. The van der Waals surface area contributed by atoms with Gasteiger partial charge in [-0.05, 0) is 44.0 Å². The summed E-state index contributed by atoms with van der Waals surface area (Å²) in [6.07, 6.45) is -2.35. The lowest BCUT2D eigenvalue weighted by Crippen LogP contribution is -2.56. The smallest absolute Gasteiger partial charge is 0.421 e. The fraction of sp³-hybridized carbons (Fsp3) is 0.533. The third kappa shape index (κ3) is 6.39. The Morgan fingerprint density at radius 1 is 1.19 bits per heavy atom. The predicted octanol–water partition coefficient (Wildman–Crippen LogP) is 4.04. The first-order valence-corrected chi connectivity index (χ1v) is 14.3. The van der Waals surface area contributed by atoms with Gasteiger partial charge in [0.05, 0.1) is 17.9 Å². The lowest BCUT2D eigenvalue weighted by Gasteiger charge is -2.41. The van der Waals surface area contributed by atoms with Crippen molar-refractivity contribution in [3.63, 3.8) is 0 Å². The van der Waals surface area contributed by atoms with E-state index in [-0.39, 0.29) is 49.3 Å². The van der Waals surface area contributed by atoms with E-state index in [1.54, 1.807) is 4.90 Å². The number of carbonyl (C=O) groups is 1. The minimum Gasteiger partial charge on any atom is -0.462 e. The molecule has 2 fully saturated rings. The SMILES string of the molecule is [C-]#[N+]CC1CN(c2nc(OC[C@H]3C[C@H](C)CN3C)nc3c2CCN(c2cccc(F)c2C(F)(F)F)C3)CCN1C(=O)C=C. The van der Waals surface area contributed by atoms with Crippen molar-refractivity contribution in [1.82, 2.24) is 19.8 Å². The second-order valence-corrected chi connectivity index (χ2v) is 11.5. The van der Waals surface area contributed by atoms with Crippen LogP contribution in [-0.2, 0) is 23.9 Å². The average molecular weight is 602 g/mol. The van der Waals surface area contributed by atoms with Crippen LogP contribution in [0.25, 0.3) is 4.85 Å². The van der Waals surface area contributed by atoms with Gasteiger partial charge in [0, 0.05) is 44.3 Å². The van der Waals surface area contributed by atoms with Crippen molar-refractivity contribution in [3.8, 4) is 6.01 Å². The van der Waals surface area contributed by atoms with Gasteiger partial charge in [0.15, 0.2) is 0 Å². The molecule has 3 atom stereocenters. The fourth-order valence-corrected chi connectivity index (χ4v) is 6.42. The molecule has 5 rings (SSSR count). The topological polar surface area (TPSA) is 69.4 Å². The van der Waals surface area contributed by atoms with Crippen LogP contribution in [0.15, 0.2) is 30.9 Å². The first-order chi connectivity index (χ1) is 20.5. The number of piperazine rings is 1. The van der Waals surface area contributed by atoms with Gasteiger partial charge in [0.25, 0.3) is 0 Å². The molecule has 3 aliphatic rings. The standard InChI is InChI=1S/C30H35F4N7O2/c1-5-26(42)41-12-11-40(16-21(41)14-35-3)28-22-9-10-39(25-8-6-7-23(31)27(25)30(32,33)34)17-24(22)36-29(37-28)43-18-20-13-19(2)15-38(20)4/h5-8,19-21H,1,9-18H2,2,4H3/t19-,20+,21?/m0/s1. The molecule has 1 amide bonds. The quantitative estimate of drug-likeness (QED) is 0.270. The maximum atomic E-state index is 14.4.